The predicted octanol–water partition coefficient (Wildman–Crippen LogP) is 4.19. The predicted molar refractivity (Wildman–Crippen MR) is 124 cm³/mol. The minimum Gasteiger partial charge on any atom is -0.347 e. The van der Waals surface area contributed by atoms with Crippen LogP contribution in [-0.2, 0) is 38.9 Å². The van der Waals surface area contributed by atoms with Gasteiger partial charge in [0.15, 0.2) is 5.82 Å². The third kappa shape index (κ3) is 4.35. The molecule has 34 heavy (non-hydrogen) atoms. The number of halogens is 2. The first-order valence-electron chi connectivity index (χ1n) is 12.1. The van der Waals surface area contributed by atoms with Crippen LogP contribution in [0.1, 0.15) is 66.5 Å². The fraction of sp³-hybridized carbons (Fsp3) is 0.520. The van der Waals surface area contributed by atoms with Crippen molar-refractivity contribution < 1.29 is 13.6 Å². The summed E-state index contributed by atoms with van der Waals surface area (Å²) in [7, 11) is 0. The molecule has 7 nitrogen and oxygen atoms in total. The van der Waals surface area contributed by atoms with Crippen molar-refractivity contribution in [3.05, 3.63) is 52.9 Å². The summed E-state index contributed by atoms with van der Waals surface area (Å²) < 4.78 is 31.1. The first-order chi connectivity index (χ1) is 16.3. The zero-order valence-electron chi connectivity index (χ0n) is 19.7. The Morgan fingerprint density at radius 3 is 2.68 bits per heavy atom. The molecule has 2 aromatic heterocycles. The summed E-state index contributed by atoms with van der Waals surface area (Å²) in [6.45, 7) is 4.44. The van der Waals surface area contributed by atoms with Gasteiger partial charge < -0.3 is 9.88 Å². The smallest absolute Gasteiger partial charge is 0.270 e. The monoisotopic (exact) mass is 468 g/mol. The highest BCUT2D eigenvalue weighted by Crippen LogP contribution is 2.33. The highest BCUT2D eigenvalue weighted by molar-refractivity contribution is 5.94. The van der Waals surface area contributed by atoms with Crippen LogP contribution in [0.4, 0.5) is 8.78 Å². The van der Waals surface area contributed by atoms with Gasteiger partial charge in [-0.2, -0.15) is 5.10 Å². The van der Waals surface area contributed by atoms with Crippen LogP contribution in [0.3, 0.4) is 0 Å². The number of fused-ring (bicyclic) bond motifs is 2. The van der Waals surface area contributed by atoms with E-state index in [2.05, 4.69) is 25.0 Å². The maximum Gasteiger partial charge on any atom is 0.270 e. The van der Waals surface area contributed by atoms with Gasteiger partial charge >= 0.3 is 0 Å². The molecule has 0 aliphatic carbocycles. The number of carbonyl (C=O) groups is 1. The maximum absolute atomic E-state index is 13.7. The van der Waals surface area contributed by atoms with Crippen LogP contribution in [0.5, 0.6) is 0 Å². The second-order valence-corrected chi connectivity index (χ2v) is 9.39. The molecule has 0 bridgehead atoms. The van der Waals surface area contributed by atoms with E-state index in [1.54, 1.807) is 4.68 Å². The first-order valence-corrected chi connectivity index (χ1v) is 12.1. The normalized spacial score (nSPS) is 17.8. The van der Waals surface area contributed by atoms with Crippen LogP contribution >= 0.6 is 0 Å². The molecule has 2 aliphatic rings. The molecule has 1 unspecified atom stereocenters. The van der Waals surface area contributed by atoms with E-state index in [0.29, 0.717) is 30.9 Å². The number of rotatable bonds is 6. The van der Waals surface area contributed by atoms with Crippen LogP contribution in [0.2, 0.25) is 0 Å². The third-order valence-electron chi connectivity index (χ3n) is 6.94. The lowest BCUT2D eigenvalue weighted by Gasteiger charge is -2.27. The van der Waals surface area contributed by atoms with E-state index in [1.165, 1.54) is 0 Å². The molecule has 9 heteroatoms. The van der Waals surface area contributed by atoms with Crippen LogP contribution < -0.4 is 5.32 Å². The minimum atomic E-state index is -2.72. The second-order valence-electron chi connectivity index (χ2n) is 9.39. The first kappa shape index (κ1) is 22.7. The van der Waals surface area contributed by atoms with Crippen LogP contribution in [0.15, 0.2) is 24.3 Å². The molecule has 1 aromatic carbocycles. The highest BCUT2D eigenvalue weighted by atomic mass is 19.3. The Hall–Kier alpha value is -3.10. The number of nitrogens with one attached hydrogen (secondary N) is 1. The second kappa shape index (κ2) is 8.92. The van der Waals surface area contributed by atoms with Crippen molar-refractivity contribution in [3.8, 4) is 11.4 Å². The molecule has 180 valence electrons. The average Bonchev–Trinajstić information content (AvgIpc) is 3.43. The Bertz CT molecular complexity index is 1190. The number of aromatic nitrogens is 5. The largest absolute Gasteiger partial charge is 0.347 e. The molecule has 0 saturated heterocycles. The van der Waals surface area contributed by atoms with Gasteiger partial charge in [-0.25, -0.2) is 23.4 Å². The average molecular weight is 469 g/mol. The van der Waals surface area contributed by atoms with Crippen molar-refractivity contribution in [3.63, 3.8) is 0 Å². The molecule has 0 saturated carbocycles. The molecule has 1 amide bonds. The maximum atomic E-state index is 13.7. The molecule has 2 aliphatic heterocycles. The number of aryl methyl sites for hydroxylation is 3. The standard InChI is InChI=1S/C25H30F2N6O/c1-3-19-22(32-13-5-4-6-20(32)29-19)24(34)28-14-16-7-9-17(10-8-16)23-30-21-12-11-18(25(2,26)27)15-33(21)31-23/h7-10,18H,3-6,11-15H2,1-2H3,(H,28,34). The van der Waals surface area contributed by atoms with E-state index in [-0.39, 0.29) is 12.5 Å². The minimum absolute atomic E-state index is 0.0905. The Balaban J connectivity index is 1.25. The van der Waals surface area contributed by atoms with E-state index < -0.39 is 11.8 Å². The molecular weight excluding hydrogens is 438 g/mol. The van der Waals surface area contributed by atoms with Gasteiger partial charge in [0.2, 0.25) is 5.92 Å². The molecule has 1 atom stereocenters. The summed E-state index contributed by atoms with van der Waals surface area (Å²) in [5, 5.41) is 7.51. The van der Waals surface area contributed by atoms with E-state index in [4.69, 9.17) is 0 Å². The number of hydrogen-bond acceptors (Lipinski definition) is 4. The lowest BCUT2D eigenvalue weighted by Crippen LogP contribution is -2.33. The summed E-state index contributed by atoms with van der Waals surface area (Å²) in [5.41, 5.74) is 3.35. The van der Waals surface area contributed by atoms with Gasteiger partial charge in [-0.15, -0.1) is 0 Å². The van der Waals surface area contributed by atoms with Crippen molar-refractivity contribution in [2.75, 3.05) is 0 Å². The van der Waals surface area contributed by atoms with Crippen molar-refractivity contribution in [1.29, 1.82) is 0 Å². The van der Waals surface area contributed by atoms with Gasteiger partial charge in [-0.05, 0) is 38.2 Å². The van der Waals surface area contributed by atoms with Gasteiger partial charge in [0.1, 0.15) is 17.3 Å². The van der Waals surface area contributed by atoms with Crippen LogP contribution in [0.25, 0.3) is 11.4 Å². The summed E-state index contributed by atoms with van der Waals surface area (Å²) in [5.74, 6) is -1.21. The van der Waals surface area contributed by atoms with Gasteiger partial charge in [-0.3, -0.25) is 4.79 Å². The Morgan fingerprint density at radius 1 is 1.15 bits per heavy atom. The molecular formula is C25H30F2N6O. The zero-order valence-corrected chi connectivity index (χ0v) is 19.7. The van der Waals surface area contributed by atoms with Crippen molar-refractivity contribution in [2.45, 2.75) is 77.9 Å². The molecule has 0 radical (unpaired) electrons. The highest BCUT2D eigenvalue weighted by Gasteiger charge is 2.37. The number of imidazole rings is 1. The Labute approximate surface area is 197 Å². The summed E-state index contributed by atoms with van der Waals surface area (Å²) in [6, 6.07) is 7.69. The van der Waals surface area contributed by atoms with Gasteiger partial charge in [-0.1, -0.05) is 31.2 Å². The Kier molecular flexibility index (Phi) is 5.95. The zero-order chi connectivity index (χ0) is 23.9. The van der Waals surface area contributed by atoms with E-state index >= 15 is 0 Å². The molecule has 0 spiro atoms. The fourth-order valence-corrected chi connectivity index (χ4v) is 4.92. The number of benzene rings is 1. The number of nitrogens with zero attached hydrogens (tertiary/aromatic N) is 5. The number of amides is 1. The van der Waals surface area contributed by atoms with Crippen LogP contribution in [0, 0.1) is 5.92 Å². The molecule has 0 fully saturated rings. The summed E-state index contributed by atoms with van der Waals surface area (Å²) >= 11 is 0. The molecule has 5 rings (SSSR count). The number of hydrogen-bond donors (Lipinski definition) is 1. The lowest BCUT2D eigenvalue weighted by atomic mass is 9.94. The van der Waals surface area contributed by atoms with E-state index in [1.807, 2.05) is 31.2 Å². The SMILES string of the molecule is CCc1nc2n(c1C(=O)NCc1ccc(-c3nc4n(n3)CC(C(C)(F)F)CC4)cc1)CCCC2. The van der Waals surface area contributed by atoms with Gasteiger partial charge in [0.25, 0.3) is 5.91 Å². The van der Waals surface area contributed by atoms with Crippen molar-refractivity contribution in [2.24, 2.45) is 5.92 Å². The van der Waals surface area contributed by atoms with E-state index in [0.717, 1.165) is 67.6 Å². The Morgan fingerprint density at radius 2 is 1.94 bits per heavy atom. The summed E-state index contributed by atoms with van der Waals surface area (Å²) in [6.07, 6.45) is 4.77. The quantitative estimate of drug-likeness (QED) is 0.589. The van der Waals surface area contributed by atoms with Gasteiger partial charge in [0.05, 0.1) is 12.2 Å². The topological polar surface area (TPSA) is 77.6 Å². The molecule has 4 heterocycles. The van der Waals surface area contributed by atoms with E-state index in [9.17, 15) is 13.6 Å². The fourth-order valence-electron chi connectivity index (χ4n) is 4.92. The third-order valence-corrected chi connectivity index (χ3v) is 6.94. The van der Waals surface area contributed by atoms with Crippen molar-refractivity contribution >= 4 is 5.91 Å². The molecule has 1 N–H and O–H groups in total. The van der Waals surface area contributed by atoms with Crippen molar-refractivity contribution in [1.82, 2.24) is 29.6 Å². The number of carbonyl (C=O) groups excluding carboxylic acids is 1. The van der Waals surface area contributed by atoms with Gasteiger partial charge in [0, 0.05) is 37.4 Å². The lowest BCUT2D eigenvalue weighted by molar-refractivity contribution is -0.0548. The van der Waals surface area contributed by atoms with Crippen LogP contribution in [-0.4, -0.2) is 36.1 Å². The summed E-state index contributed by atoms with van der Waals surface area (Å²) in [4.78, 5) is 22.2. The molecule has 3 aromatic rings. The number of alkyl halides is 2.